The molecule has 4 N–H and O–H groups in total. The maximum atomic E-state index is 9.07. The maximum absolute atomic E-state index is 9.07. The Morgan fingerprint density at radius 2 is 1.80 bits per heavy atom. The monoisotopic (exact) mass is 295 g/mol. The van der Waals surface area contributed by atoms with E-state index in [9.17, 15) is 0 Å². The van der Waals surface area contributed by atoms with Crippen molar-refractivity contribution in [3.63, 3.8) is 0 Å². The highest BCUT2D eigenvalue weighted by Gasteiger charge is 2.27. The molecule has 86 valence electrons. The van der Waals surface area contributed by atoms with Crippen molar-refractivity contribution in [2.75, 3.05) is 19.8 Å². The van der Waals surface area contributed by atoms with Gasteiger partial charge >= 0.3 is 0 Å². The second-order valence-electron chi connectivity index (χ2n) is 3.31. The predicted octanol–water partition coefficient (Wildman–Crippen LogP) is 0.316. The SMILES string of the molecule is OCC(CO)(CO)NCc1ccc(Br)s1. The Kier molecular flexibility index (Phi) is 5.17. The summed E-state index contributed by atoms with van der Waals surface area (Å²) >= 11 is 4.92. The number of aliphatic hydroxyl groups is 3. The van der Waals surface area contributed by atoms with E-state index in [1.54, 1.807) is 11.3 Å². The van der Waals surface area contributed by atoms with Gasteiger partial charge in [-0.2, -0.15) is 0 Å². The van der Waals surface area contributed by atoms with Gasteiger partial charge in [0, 0.05) is 11.4 Å². The number of rotatable bonds is 6. The Bertz CT molecular complexity index is 293. The molecule has 0 aliphatic heterocycles. The standard InChI is InChI=1S/C9H14BrNO3S/c10-8-2-1-7(15-8)3-11-9(4-12,5-13)6-14/h1-2,11-14H,3-6H2. The zero-order chi connectivity index (χ0) is 11.3. The van der Waals surface area contributed by atoms with Crippen LogP contribution in [-0.2, 0) is 6.54 Å². The van der Waals surface area contributed by atoms with Crippen LogP contribution in [0.1, 0.15) is 4.88 Å². The molecular weight excluding hydrogens is 282 g/mol. The lowest BCUT2D eigenvalue weighted by Gasteiger charge is -2.28. The van der Waals surface area contributed by atoms with Crippen molar-refractivity contribution in [1.82, 2.24) is 5.32 Å². The third kappa shape index (κ3) is 3.51. The van der Waals surface area contributed by atoms with Crippen molar-refractivity contribution in [2.45, 2.75) is 12.1 Å². The lowest BCUT2D eigenvalue weighted by Crippen LogP contribution is -2.54. The normalized spacial score (nSPS) is 12.0. The molecule has 0 bridgehead atoms. The smallest absolute Gasteiger partial charge is 0.0884 e. The van der Waals surface area contributed by atoms with Crippen LogP contribution in [0.15, 0.2) is 15.9 Å². The minimum absolute atomic E-state index is 0.299. The summed E-state index contributed by atoms with van der Waals surface area (Å²) in [4.78, 5) is 1.07. The lowest BCUT2D eigenvalue weighted by molar-refractivity contribution is 0.0415. The van der Waals surface area contributed by atoms with Crippen LogP contribution in [0.25, 0.3) is 0 Å². The van der Waals surface area contributed by atoms with Gasteiger partial charge in [0.05, 0.1) is 29.1 Å². The van der Waals surface area contributed by atoms with Crippen LogP contribution in [0.4, 0.5) is 0 Å². The minimum atomic E-state index is -1.00. The molecule has 15 heavy (non-hydrogen) atoms. The predicted molar refractivity (Wildman–Crippen MR) is 62.8 cm³/mol. The minimum Gasteiger partial charge on any atom is -0.394 e. The van der Waals surface area contributed by atoms with Crippen LogP contribution >= 0.6 is 27.3 Å². The van der Waals surface area contributed by atoms with Crippen molar-refractivity contribution in [3.05, 3.63) is 20.8 Å². The summed E-state index contributed by atoms with van der Waals surface area (Å²) in [5, 5.41) is 30.2. The number of hydrogen-bond acceptors (Lipinski definition) is 5. The number of hydrogen-bond donors (Lipinski definition) is 4. The fourth-order valence-corrected chi connectivity index (χ4v) is 2.46. The maximum Gasteiger partial charge on any atom is 0.0884 e. The number of thiophene rings is 1. The van der Waals surface area contributed by atoms with E-state index in [0.717, 1.165) is 8.66 Å². The molecule has 0 saturated carbocycles. The Balaban J connectivity index is 2.54. The van der Waals surface area contributed by atoms with E-state index in [-0.39, 0.29) is 19.8 Å². The Hall–Kier alpha value is 0.0200. The largest absolute Gasteiger partial charge is 0.394 e. The number of nitrogens with one attached hydrogen (secondary N) is 1. The van der Waals surface area contributed by atoms with Crippen LogP contribution in [-0.4, -0.2) is 40.7 Å². The van der Waals surface area contributed by atoms with Crippen molar-refractivity contribution in [3.8, 4) is 0 Å². The zero-order valence-electron chi connectivity index (χ0n) is 8.11. The van der Waals surface area contributed by atoms with Gasteiger partial charge in [-0.3, -0.25) is 0 Å². The van der Waals surface area contributed by atoms with Crippen molar-refractivity contribution in [2.24, 2.45) is 0 Å². The summed E-state index contributed by atoms with van der Waals surface area (Å²) in [6.07, 6.45) is 0. The lowest BCUT2D eigenvalue weighted by atomic mass is 10.0. The van der Waals surface area contributed by atoms with Crippen LogP contribution in [0.5, 0.6) is 0 Å². The molecule has 4 nitrogen and oxygen atoms in total. The van der Waals surface area contributed by atoms with Crippen LogP contribution < -0.4 is 5.32 Å². The summed E-state index contributed by atoms with van der Waals surface area (Å²) in [6, 6.07) is 3.87. The molecule has 0 aliphatic rings. The van der Waals surface area contributed by atoms with E-state index >= 15 is 0 Å². The molecule has 1 rings (SSSR count). The van der Waals surface area contributed by atoms with Crippen molar-refractivity contribution < 1.29 is 15.3 Å². The first-order chi connectivity index (χ1) is 7.15. The quantitative estimate of drug-likeness (QED) is 0.610. The molecule has 0 saturated heterocycles. The van der Waals surface area contributed by atoms with Gasteiger partial charge in [-0.05, 0) is 28.1 Å². The van der Waals surface area contributed by atoms with Crippen molar-refractivity contribution >= 4 is 27.3 Å². The summed E-state index contributed by atoms with van der Waals surface area (Å²) in [6.45, 7) is -0.385. The summed E-state index contributed by atoms with van der Waals surface area (Å²) in [5.74, 6) is 0. The Morgan fingerprint density at radius 3 is 2.20 bits per heavy atom. The van der Waals surface area contributed by atoms with Gasteiger partial charge in [-0.1, -0.05) is 0 Å². The average Bonchev–Trinajstić information content (AvgIpc) is 2.67. The molecule has 1 heterocycles. The highest BCUT2D eigenvalue weighted by molar-refractivity contribution is 9.11. The molecule has 0 spiro atoms. The van der Waals surface area contributed by atoms with Gasteiger partial charge in [-0.15, -0.1) is 11.3 Å². The number of halogens is 1. The molecule has 1 aromatic rings. The first kappa shape index (κ1) is 13.1. The summed E-state index contributed by atoms with van der Waals surface area (Å²) in [5.41, 5.74) is -1.00. The van der Waals surface area contributed by atoms with E-state index in [1.165, 1.54) is 0 Å². The highest BCUT2D eigenvalue weighted by atomic mass is 79.9. The molecule has 1 aromatic heterocycles. The van der Waals surface area contributed by atoms with E-state index in [0.29, 0.717) is 6.54 Å². The second-order valence-corrected chi connectivity index (χ2v) is 5.86. The van der Waals surface area contributed by atoms with Gasteiger partial charge in [-0.25, -0.2) is 0 Å². The highest BCUT2D eigenvalue weighted by Crippen LogP contribution is 2.22. The first-order valence-corrected chi connectivity index (χ1v) is 6.08. The fraction of sp³-hybridized carbons (Fsp3) is 0.556. The molecular formula is C9H14BrNO3S. The topological polar surface area (TPSA) is 72.7 Å². The molecule has 0 aromatic carbocycles. The van der Waals surface area contributed by atoms with Crippen LogP contribution in [0, 0.1) is 0 Å². The van der Waals surface area contributed by atoms with E-state index in [4.69, 9.17) is 15.3 Å². The van der Waals surface area contributed by atoms with Gasteiger partial charge < -0.3 is 20.6 Å². The van der Waals surface area contributed by atoms with Gasteiger partial charge in [0.25, 0.3) is 0 Å². The summed E-state index contributed by atoms with van der Waals surface area (Å²) in [7, 11) is 0. The zero-order valence-corrected chi connectivity index (χ0v) is 10.5. The van der Waals surface area contributed by atoms with E-state index < -0.39 is 5.54 Å². The van der Waals surface area contributed by atoms with Crippen LogP contribution in [0.2, 0.25) is 0 Å². The average molecular weight is 296 g/mol. The molecule has 0 unspecified atom stereocenters. The van der Waals surface area contributed by atoms with E-state index in [2.05, 4.69) is 21.2 Å². The number of aliphatic hydroxyl groups excluding tert-OH is 3. The molecule has 0 fully saturated rings. The Morgan fingerprint density at radius 1 is 1.20 bits per heavy atom. The Labute approximate surface area is 101 Å². The van der Waals surface area contributed by atoms with Gasteiger partial charge in [0.1, 0.15) is 0 Å². The molecule has 0 aliphatic carbocycles. The molecule has 6 heteroatoms. The van der Waals surface area contributed by atoms with Crippen molar-refractivity contribution in [1.29, 1.82) is 0 Å². The summed E-state index contributed by atoms with van der Waals surface area (Å²) < 4.78 is 1.03. The fourth-order valence-electron chi connectivity index (χ4n) is 1.04. The second kappa shape index (κ2) is 5.93. The van der Waals surface area contributed by atoms with Gasteiger partial charge in [0.2, 0.25) is 0 Å². The first-order valence-electron chi connectivity index (χ1n) is 4.47. The van der Waals surface area contributed by atoms with E-state index in [1.807, 2.05) is 12.1 Å². The molecule has 0 amide bonds. The third-order valence-corrected chi connectivity index (χ3v) is 3.80. The third-order valence-electron chi connectivity index (χ3n) is 2.17. The van der Waals surface area contributed by atoms with Crippen LogP contribution in [0.3, 0.4) is 0 Å². The van der Waals surface area contributed by atoms with Gasteiger partial charge in [0.15, 0.2) is 0 Å². The molecule has 0 atom stereocenters. The molecule has 0 radical (unpaired) electrons.